The molecule has 6 rings (SSSR count). The zero-order chi connectivity index (χ0) is 38.4. The topological polar surface area (TPSA) is 80.4 Å². The van der Waals surface area contributed by atoms with Crippen LogP contribution < -0.4 is 5.73 Å². The standard InChI is InChI=1S/C27H48P2.C12H10N.C5H5.CH4O3S.Fe.Pd/c1-21(29(26(2,3)4)27(5,6)7)24-19-14-20-25(24)28(22-15-10-8-11-16-22)23-17-12-9-13-18-23;13-12-9-5-4-8-11(12)10-6-2-1-3-7-10;1-2-4-5-3-1;1-5(2,3)4;;/h14,19,21-23H,8-13,15-18,20H2,1-7H3;1-6,8-9H,13H2;1-5H;1H3,(H,2,3,4);;/q;-1;;;;/t21-;;;;;/m0...../s1. The quantitative estimate of drug-likeness (QED) is 0.0994. The van der Waals surface area contributed by atoms with Crippen molar-refractivity contribution in [1.29, 1.82) is 0 Å². The Balaban J connectivity index is 0.000000477. The summed E-state index contributed by atoms with van der Waals surface area (Å²) in [6, 6.07) is 18.8. The molecule has 4 saturated carbocycles. The first-order chi connectivity index (χ1) is 24.5. The van der Waals surface area contributed by atoms with E-state index in [1.165, 1.54) is 70.6 Å². The molecule has 0 unspecified atom stereocenters. The number of hydrogen-bond donors (Lipinski definition) is 2. The normalized spacial score (nSPS) is 19.6. The van der Waals surface area contributed by atoms with Crippen LogP contribution in [0.5, 0.6) is 0 Å². The molecule has 0 aromatic heterocycles. The molecule has 2 aromatic rings. The summed E-state index contributed by atoms with van der Waals surface area (Å²) in [6.07, 6.45) is 32.2. The summed E-state index contributed by atoms with van der Waals surface area (Å²) in [5, 5.41) is 0.806. The molecule has 0 saturated heterocycles. The monoisotopic (exact) mass is 925 g/mol. The van der Waals surface area contributed by atoms with Crippen LogP contribution in [-0.2, 0) is 47.6 Å². The maximum atomic E-state index is 9.19. The van der Waals surface area contributed by atoms with E-state index in [1.807, 2.05) is 92.2 Å². The van der Waals surface area contributed by atoms with Gasteiger partial charge in [-0.15, -0.1) is 35.9 Å². The van der Waals surface area contributed by atoms with Crippen LogP contribution in [0.2, 0.25) is 0 Å². The minimum atomic E-state index is -3.67. The molecule has 3 N–H and O–H groups in total. The van der Waals surface area contributed by atoms with Crippen molar-refractivity contribution >= 4 is 31.6 Å². The van der Waals surface area contributed by atoms with Crippen LogP contribution in [0.25, 0.3) is 11.1 Å². The second-order valence-electron chi connectivity index (χ2n) is 16.4. The summed E-state index contributed by atoms with van der Waals surface area (Å²) in [5.74, 6) is 1.81. The molecule has 4 aliphatic carbocycles. The van der Waals surface area contributed by atoms with Gasteiger partial charge in [0.1, 0.15) is 0 Å². The van der Waals surface area contributed by atoms with E-state index in [2.05, 4.69) is 67.4 Å². The van der Waals surface area contributed by atoms with Gasteiger partial charge < -0.3 is 5.73 Å². The van der Waals surface area contributed by atoms with Gasteiger partial charge in [-0.05, 0) is 122 Å². The first-order valence-electron chi connectivity index (χ1n) is 19.4. The van der Waals surface area contributed by atoms with Crippen molar-refractivity contribution in [1.82, 2.24) is 0 Å². The Bertz CT molecular complexity index is 1340. The molecule has 4 aliphatic rings. The van der Waals surface area contributed by atoms with E-state index in [9.17, 15) is 8.42 Å². The maximum Gasteiger partial charge on any atom is 0.261 e. The SMILES string of the molecule is CS(=O)(=O)O.C[C@@H]([C]1[CH][CH]C[C]1P(C1CCCCC1)C1CCCCC1)P(C(C)(C)C)C(C)(C)C.Nc1ccccc1-c1[c-]cccc1.[CH]1[CH][CH][CH][CH]1.[Fe].[Pd]. The first kappa shape index (κ1) is 52.2. The average Bonchev–Trinajstić information content (AvgIpc) is 3.82. The molecule has 0 spiro atoms. The van der Waals surface area contributed by atoms with E-state index >= 15 is 0 Å². The van der Waals surface area contributed by atoms with Crippen molar-refractivity contribution in [2.45, 2.75) is 146 Å². The third-order valence-electron chi connectivity index (χ3n) is 9.99. The van der Waals surface area contributed by atoms with Gasteiger partial charge in [-0.25, -0.2) is 0 Å². The summed E-state index contributed by atoms with van der Waals surface area (Å²) in [6.45, 7) is 17.6. The molecule has 0 aliphatic heterocycles. The molecular weight excluding hydrogens is 859 g/mol. The van der Waals surface area contributed by atoms with Gasteiger partial charge in [0.25, 0.3) is 10.1 Å². The van der Waals surface area contributed by atoms with Crippen LogP contribution in [0, 0.1) is 62.6 Å². The van der Waals surface area contributed by atoms with Crippen LogP contribution in [-0.4, -0.2) is 46.5 Å². The van der Waals surface area contributed by atoms with E-state index in [0.717, 1.165) is 33.8 Å². The Morgan fingerprint density at radius 1 is 0.778 bits per heavy atom. The smallest absolute Gasteiger partial charge is 0.261 e. The van der Waals surface area contributed by atoms with Gasteiger partial charge in [0.05, 0.1) is 6.26 Å². The first-order valence-corrected chi connectivity index (χ1v) is 24.1. The number of para-hydroxylation sites is 1. The molecule has 2 aromatic carbocycles. The molecule has 0 heterocycles. The summed E-state index contributed by atoms with van der Waals surface area (Å²) in [4.78, 5) is 0. The summed E-state index contributed by atoms with van der Waals surface area (Å²) < 4.78 is 25.9. The fraction of sp³-hybridized carbons (Fsp3) is 0.533. The molecule has 4 fully saturated rings. The van der Waals surface area contributed by atoms with E-state index in [4.69, 9.17) is 10.3 Å². The fourth-order valence-electron chi connectivity index (χ4n) is 8.53. The van der Waals surface area contributed by atoms with Gasteiger partial charge >= 0.3 is 0 Å². The molecule has 0 bridgehead atoms. The average molecular weight is 926 g/mol. The third kappa shape index (κ3) is 18.4. The Labute approximate surface area is 360 Å². The summed E-state index contributed by atoms with van der Waals surface area (Å²) in [7, 11) is -3.71. The summed E-state index contributed by atoms with van der Waals surface area (Å²) in [5.41, 5.74) is 13.5. The zero-order valence-electron chi connectivity index (χ0n) is 34.0. The molecule has 0 amide bonds. The van der Waals surface area contributed by atoms with Crippen molar-refractivity contribution in [3.05, 3.63) is 111 Å². The van der Waals surface area contributed by atoms with Gasteiger partial charge in [-0.1, -0.05) is 127 Å². The van der Waals surface area contributed by atoms with E-state index < -0.39 is 10.1 Å². The van der Waals surface area contributed by atoms with Crippen LogP contribution >= 0.6 is 15.8 Å². The largest absolute Gasteiger partial charge is 0.406 e. The molecule has 305 valence electrons. The number of anilines is 1. The number of nitrogens with two attached hydrogens (primary N) is 1. The number of nitrogen functional groups attached to an aromatic ring is 1. The molecular formula is C45H67FeNO3P2PdS-. The Kier molecular flexibility index (Phi) is 24.8. The number of rotatable bonds is 6. The second kappa shape index (κ2) is 25.6. The molecule has 9 radical (unpaired) electrons. The Morgan fingerprint density at radius 3 is 1.63 bits per heavy atom. The second-order valence-corrected chi connectivity index (χ2v) is 24.9. The summed E-state index contributed by atoms with van der Waals surface area (Å²) >= 11 is 0. The minimum absolute atomic E-state index is 0. The minimum Gasteiger partial charge on any atom is -0.406 e. The van der Waals surface area contributed by atoms with Crippen LogP contribution in [0.4, 0.5) is 5.69 Å². The van der Waals surface area contributed by atoms with Gasteiger partial charge in [0.2, 0.25) is 0 Å². The van der Waals surface area contributed by atoms with Gasteiger partial charge in [0.15, 0.2) is 0 Å². The molecule has 9 heteroatoms. The van der Waals surface area contributed by atoms with Gasteiger partial charge in [-0.2, -0.15) is 8.42 Å². The van der Waals surface area contributed by atoms with Gasteiger partial charge in [-0.3, -0.25) is 4.55 Å². The van der Waals surface area contributed by atoms with Gasteiger partial charge in [0, 0.05) is 43.2 Å². The predicted octanol–water partition coefficient (Wildman–Crippen LogP) is 12.8. The Morgan fingerprint density at radius 2 is 1.22 bits per heavy atom. The van der Waals surface area contributed by atoms with E-state index in [-0.39, 0.29) is 53.3 Å². The van der Waals surface area contributed by atoms with Crippen LogP contribution in [0.3, 0.4) is 0 Å². The van der Waals surface area contributed by atoms with Crippen molar-refractivity contribution in [2.75, 3.05) is 12.0 Å². The molecule has 1 atom stereocenters. The van der Waals surface area contributed by atoms with E-state index in [1.54, 1.807) is 0 Å². The van der Waals surface area contributed by atoms with Crippen molar-refractivity contribution in [3.63, 3.8) is 0 Å². The predicted molar refractivity (Wildman–Crippen MR) is 230 cm³/mol. The Hall–Kier alpha value is 0.192. The molecule has 54 heavy (non-hydrogen) atoms. The number of benzene rings is 2. The fourth-order valence-corrected chi connectivity index (χ4v) is 17.7. The maximum absolute atomic E-state index is 9.19. The van der Waals surface area contributed by atoms with Crippen molar-refractivity contribution < 1.29 is 50.5 Å². The molecule has 4 nitrogen and oxygen atoms in total. The van der Waals surface area contributed by atoms with E-state index in [0.29, 0.717) is 16.6 Å². The van der Waals surface area contributed by atoms with Crippen molar-refractivity contribution in [2.24, 2.45) is 0 Å². The van der Waals surface area contributed by atoms with Crippen LogP contribution in [0.15, 0.2) is 48.5 Å². The zero-order valence-corrected chi connectivity index (χ0v) is 39.2. The number of hydrogen-bond acceptors (Lipinski definition) is 3. The third-order valence-corrected chi connectivity index (χ3v) is 17.6. The van der Waals surface area contributed by atoms with Crippen molar-refractivity contribution in [3.8, 4) is 11.1 Å². The van der Waals surface area contributed by atoms with Crippen LogP contribution in [0.1, 0.15) is 119 Å².